The van der Waals surface area contributed by atoms with E-state index in [1.807, 2.05) is 20.0 Å². The normalized spacial score (nSPS) is 13.3. The van der Waals surface area contributed by atoms with Gasteiger partial charge in [0.1, 0.15) is 0 Å². The first kappa shape index (κ1) is 9.64. The zero-order valence-electron chi connectivity index (χ0n) is 6.11. The van der Waals surface area contributed by atoms with E-state index in [1.54, 1.807) is 0 Å². The fourth-order valence-electron chi connectivity index (χ4n) is 0.265. The third-order valence-electron chi connectivity index (χ3n) is 0.690. The molecule has 0 atom stereocenters. The quantitative estimate of drug-likeness (QED) is 0.369. The van der Waals surface area contributed by atoms with E-state index < -0.39 is 17.6 Å². The van der Waals surface area contributed by atoms with Crippen LogP contribution in [-0.2, 0) is 8.54 Å². The molecule has 0 rings (SSSR count). The van der Waals surface area contributed by atoms with Crippen LogP contribution in [0.25, 0.3) is 0 Å². The molecule has 0 spiro atoms. The highest BCUT2D eigenvalue weighted by Gasteiger charge is 2.16. The Hall–Kier alpha value is 0.644. The zero-order valence-corrected chi connectivity index (χ0v) is 9.28. The van der Waals surface area contributed by atoms with Crippen LogP contribution >= 0.6 is 11.1 Å². The minimum atomic E-state index is -1.79. The van der Waals surface area contributed by atoms with E-state index in [0.29, 0.717) is 0 Å². The van der Waals surface area contributed by atoms with E-state index in [9.17, 15) is 0 Å². The van der Waals surface area contributed by atoms with Crippen molar-refractivity contribution in [1.29, 1.82) is 0 Å². The first-order chi connectivity index (χ1) is 4.06. The van der Waals surface area contributed by atoms with Crippen molar-refractivity contribution in [3.8, 4) is 0 Å². The van der Waals surface area contributed by atoms with Gasteiger partial charge in [0, 0.05) is 6.61 Å². The second-order valence-electron chi connectivity index (χ2n) is 2.12. The van der Waals surface area contributed by atoms with Crippen LogP contribution in [0.4, 0.5) is 0 Å². The van der Waals surface area contributed by atoms with Gasteiger partial charge in [-0.15, -0.1) is 11.1 Å². The zero-order chi connectivity index (χ0) is 7.33. The highest BCUT2D eigenvalue weighted by molar-refractivity contribution is 7.16. The third-order valence-corrected chi connectivity index (χ3v) is 5.46. The molecule has 0 aliphatic heterocycles. The van der Waals surface area contributed by atoms with E-state index in [2.05, 4.69) is 0 Å². The Morgan fingerprint density at radius 1 is 1.56 bits per heavy atom. The van der Waals surface area contributed by atoms with E-state index in [0.717, 1.165) is 6.61 Å². The topological polar surface area (TPSA) is 18.5 Å². The van der Waals surface area contributed by atoms with Crippen molar-refractivity contribution in [1.82, 2.24) is 0 Å². The molecule has 56 valence electrons. The SMILES string of the molecule is CCO[SiH2]O[Si](C)(C)Cl. The van der Waals surface area contributed by atoms with Gasteiger partial charge in [-0.05, 0) is 20.0 Å². The Morgan fingerprint density at radius 2 is 2.11 bits per heavy atom. The number of hydrogen-bond donors (Lipinski definition) is 0. The van der Waals surface area contributed by atoms with Crippen molar-refractivity contribution < 1.29 is 8.54 Å². The molecule has 0 fully saturated rings. The van der Waals surface area contributed by atoms with Crippen LogP contribution in [0, 0.1) is 0 Å². The number of hydrogen-bond acceptors (Lipinski definition) is 2. The summed E-state index contributed by atoms with van der Waals surface area (Å²) in [6, 6.07) is 0. The minimum Gasteiger partial charge on any atom is -0.429 e. The molecule has 0 unspecified atom stereocenters. The molecule has 0 aromatic carbocycles. The monoisotopic (exact) mass is 184 g/mol. The van der Waals surface area contributed by atoms with Gasteiger partial charge in [-0.2, -0.15) is 0 Å². The van der Waals surface area contributed by atoms with Gasteiger partial charge in [0.15, 0.2) is 0 Å². The molecule has 0 saturated carbocycles. The summed E-state index contributed by atoms with van der Waals surface area (Å²) in [5, 5.41) is 0. The molecule has 0 radical (unpaired) electrons. The summed E-state index contributed by atoms with van der Waals surface area (Å²) in [4.78, 5) is 0. The van der Waals surface area contributed by atoms with Crippen LogP contribution in [0.3, 0.4) is 0 Å². The lowest BCUT2D eigenvalue weighted by Gasteiger charge is -2.13. The Bertz CT molecular complexity index is 73.5. The summed E-state index contributed by atoms with van der Waals surface area (Å²) in [5.74, 6) is 0. The van der Waals surface area contributed by atoms with Gasteiger partial charge in [0.25, 0.3) is 17.6 Å². The Kier molecular flexibility index (Phi) is 4.78. The average molecular weight is 185 g/mol. The number of rotatable bonds is 4. The molecule has 0 aliphatic rings. The highest BCUT2D eigenvalue weighted by Crippen LogP contribution is 2.07. The smallest absolute Gasteiger partial charge is 0.294 e. The summed E-state index contributed by atoms with van der Waals surface area (Å²) in [7, 11) is -2.55. The van der Waals surface area contributed by atoms with Gasteiger partial charge in [-0.1, -0.05) is 0 Å². The third kappa shape index (κ3) is 8.64. The van der Waals surface area contributed by atoms with Gasteiger partial charge in [0.05, 0.1) is 0 Å². The summed E-state index contributed by atoms with van der Waals surface area (Å²) in [6.07, 6.45) is 0. The van der Waals surface area contributed by atoms with Crippen LogP contribution in [0.5, 0.6) is 0 Å². The van der Waals surface area contributed by atoms with E-state index in [4.69, 9.17) is 19.6 Å². The molecule has 2 nitrogen and oxygen atoms in total. The van der Waals surface area contributed by atoms with Gasteiger partial charge in [-0.3, -0.25) is 0 Å². The largest absolute Gasteiger partial charge is 0.429 e. The van der Waals surface area contributed by atoms with Crippen LogP contribution < -0.4 is 0 Å². The van der Waals surface area contributed by atoms with Gasteiger partial charge < -0.3 is 8.54 Å². The summed E-state index contributed by atoms with van der Waals surface area (Å²) >= 11 is 5.84. The van der Waals surface area contributed by atoms with Crippen LogP contribution in [0.2, 0.25) is 13.1 Å². The fraction of sp³-hybridized carbons (Fsp3) is 1.00. The predicted octanol–water partition coefficient (Wildman–Crippen LogP) is 0.979. The molecule has 0 N–H and O–H groups in total. The summed E-state index contributed by atoms with van der Waals surface area (Å²) in [6.45, 7) is 6.59. The Balaban J connectivity index is 3.07. The lowest BCUT2D eigenvalue weighted by molar-refractivity contribution is 0.308. The summed E-state index contributed by atoms with van der Waals surface area (Å²) < 4.78 is 10.4. The van der Waals surface area contributed by atoms with Crippen molar-refractivity contribution in [3.63, 3.8) is 0 Å². The molecule has 0 amide bonds. The highest BCUT2D eigenvalue weighted by atomic mass is 35.6. The molecular weight excluding hydrogens is 172 g/mol. The molecule has 0 heterocycles. The maximum atomic E-state index is 5.84. The maximum Gasteiger partial charge on any atom is 0.294 e. The molecule has 0 aromatic rings. The van der Waals surface area contributed by atoms with Crippen molar-refractivity contribution in [3.05, 3.63) is 0 Å². The van der Waals surface area contributed by atoms with Gasteiger partial charge in [0.2, 0.25) is 0 Å². The maximum absolute atomic E-state index is 5.84. The molecule has 0 saturated heterocycles. The van der Waals surface area contributed by atoms with E-state index >= 15 is 0 Å². The second kappa shape index (κ2) is 4.46. The Labute approximate surface area is 64.4 Å². The summed E-state index contributed by atoms with van der Waals surface area (Å²) in [5.41, 5.74) is 0. The van der Waals surface area contributed by atoms with Crippen molar-refractivity contribution in [2.45, 2.75) is 20.0 Å². The molecular formula is C4H13ClO2Si2. The van der Waals surface area contributed by atoms with Gasteiger partial charge in [-0.25, -0.2) is 0 Å². The lowest BCUT2D eigenvalue weighted by atomic mass is 10.9. The van der Waals surface area contributed by atoms with Crippen LogP contribution in [-0.4, -0.2) is 24.2 Å². The average Bonchev–Trinajstić information content (AvgIpc) is 1.63. The Morgan fingerprint density at radius 3 is 2.44 bits per heavy atom. The number of halogens is 1. The first-order valence-electron chi connectivity index (χ1n) is 2.97. The van der Waals surface area contributed by atoms with E-state index in [1.165, 1.54) is 0 Å². The van der Waals surface area contributed by atoms with Crippen molar-refractivity contribution in [2.24, 2.45) is 0 Å². The molecule has 5 heteroatoms. The fourth-order valence-corrected chi connectivity index (χ4v) is 2.29. The van der Waals surface area contributed by atoms with Crippen molar-refractivity contribution >= 4 is 28.7 Å². The first-order valence-corrected chi connectivity index (χ1v) is 8.04. The van der Waals surface area contributed by atoms with Crippen LogP contribution in [0.1, 0.15) is 6.92 Å². The lowest BCUT2D eigenvalue weighted by Crippen LogP contribution is -2.25. The van der Waals surface area contributed by atoms with Crippen molar-refractivity contribution in [2.75, 3.05) is 6.61 Å². The predicted molar refractivity (Wildman–Crippen MR) is 44.6 cm³/mol. The van der Waals surface area contributed by atoms with Gasteiger partial charge >= 0.3 is 0 Å². The standard InChI is InChI=1S/C4H13ClO2Si2/c1-4-6-8-7-9(2,3)5/h4,8H2,1-3H3. The van der Waals surface area contributed by atoms with E-state index in [-0.39, 0.29) is 0 Å². The molecule has 0 aliphatic carbocycles. The molecule has 0 aromatic heterocycles. The molecule has 9 heavy (non-hydrogen) atoms. The second-order valence-corrected chi connectivity index (χ2v) is 9.37. The molecule has 0 bridgehead atoms. The minimum absolute atomic E-state index is 0.744. The van der Waals surface area contributed by atoms with Crippen LogP contribution in [0.15, 0.2) is 0 Å².